The molecule has 0 amide bonds. The zero-order valence-corrected chi connectivity index (χ0v) is 12.6. The van der Waals surface area contributed by atoms with Gasteiger partial charge in [0.15, 0.2) is 5.82 Å². The highest BCUT2D eigenvalue weighted by molar-refractivity contribution is 7.18. The number of aromatic nitrogens is 2. The number of thiophene rings is 1. The van der Waals surface area contributed by atoms with Crippen LogP contribution in [0.2, 0.25) is 0 Å². The molecule has 2 rings (SSSR count). The number of anilines is 1. The van der Waals surface area contributed by atoms with E-state index in [2.05, 4.69) is 9.97 Å². The Balaban J connectivity index is 2.36. The van der Waals surface area contributed by atoms with E-state index in [1.807, 2.05) is 31.3 Å². The van der Waals surface area contributed by atoms with Crippen LogP contribution in [0.3, 0.4) is 0 Å². The largest absolute Gasteiger partial charge is 0.480 e. The maximum atomic E-state index is 11.1. The van der Waals surface area contributed by atoms with Crippen LogP contribution in [0.4, 0.5) is 5.82 Å². The molecular weight excluding hydrogens is 276 g/mol. The van der Waals surface area contributed by atoms with Gasteiger partial charge in [-0.25, -0.2) is 9.97 Å². The van der Waals surface area contributed by atoms with E-state index >= 15 is 0 Å². The maximum Gasteiger partial charge on any atom is 0.323 e. The summed E-state index contributed by atoms with van der Waals surface area (Å²) in [6, 6.07) is 0. The van der Waals surface area contributed by atoms with Crippen molar-refractivity contribution >= 4 is 33.3 Å². The molecule has 20 heavy (non-hydrogen) atoms. The molecule has 0 fully saturated rings. The molecular formula is C13H18N4O2S. The molecule has 0 bridgehead atoms. The average Bonchev–Trinajstić information content (AvgIpc) is 2.76. The van der Waals surface area contributed by atoms with E-state index in [-0.39, 0.29) is 6.54 Å². The first kappa shape index (κ1) is 14.7. The van der Waals surface area contributed by atoms with Crippen LogP contribution in [0.25, 0.3) is 10.2 Å². The molecule has 7 heteroatoms. The topological polar surface area (TPSA) is 69.6 Å². The zero-order chi connectivity index (χ0) is 14.7. The third kappa shape index (κ3) is 3.23. The zero-order valence-electron chi connectivity index (χ0n) is 11.8. The lowest BCUT2D eigenvalue weighted by molar-refractivity contribution is -0.135. The Bertz CT molecular complexity index is 611. The molecule has 2 aromatic rings. The van der Waals surface area contributed by atoms with Gasteiger partial charge in [0.05, 0.1) is 10.2 Å². The summed E-state index contributed by atoms with van der Waals surface area (Å²) < 4.78 is 0.949. The maximum absolute atomic E-state index is 11.1. The van der Waals surface area contributed by atoms with Crippen molar-refractivity contribution in [1.29, 1.82) is 0 Å². The van der Waals surface area contributed by atoms with Gasteiger partial charge in [0.2, 0.25) is 0 Å². The molecule has 0 radical (unpaired) electrons. The first-order valence-electron chi connectivity index (χ1n) is 6.29. The lowest BCUT2D eigenvalue weighted by atomic mass is 10.3. The number of nitrogens with zero attached hydrogens (tertiary/aromatic N) is 4. The molecule has 0 unspecified atom stereocenters. The van der Waals surface area contributed by atoms with Crippen molar-refractivity contribution in [3.8, 4) is 0 Å². The van der Waals surface area contributed by atoms with E-state index in [9.17, 15) is 4.79 Å². The minimum absolute atomic E-state index is 0.0586. The third-order valence-corrected chi connectivity index (χ3v) is 4.04. The first-order valence-corrected chi connectivity index (χ1v) is 7.17. The summed E-state index contributed by atoms with van der Waals surface area (Å²) in [5, 5.41) is 11.1. The third-order valence-electron chi connectivity index (χ3n) is 2.95. The van der Waals surface area contributed by atoms with Gasteiger partial charge in [0.1, 0.15) is 12.9 Å². The van der Waals surface area contributed by atoms with Crippen molar-refractivity contribution in [3.63, 3.8) is 0 Å². The molecule has 0 spiro atoms. The summed E-state index contributed by atoms with van der Waals surface area (Å²) >= 11 is 1.56. The van der Waals surface area contributed by atoms with Gasteiger partial charge in [0.25, 0.3) is 0 Å². The number of aliphatic carboxylic acids is 1. The fraction of sp³-hybridized carbons (Fsp3) is 0.462. The van der Waals surface area contributed by atoms with Crippen molar-refractivity contribution in [2.24, 2.45) is 0 Å². The van der Waals surface area contributed by atoms with Crippen LogP contribution in [-0.4, -0.2) is 59.7 Å². The summed E-state index contributed by atoms with van der Waals surface area (Å²) in [5.74, 6) is -0.152. The Kier molecular flexibility index (Phi) is 4.51. The van der Waals surface area contributed by atoms with Gasteiger partial charge in [-0.2, -0.15) is 0 Å². The quantitative estimate of drug-likeness (QED) is 0.869. The predicted molar refractivity (Wildman–Crippen MR) is 80.6 cm³/mol. The van der Waals surface area contributed by atoms with E-state index in [0.717, 1.165) is 22.3 Å². The molecule has 2 aromatic heterocycles. The second kappa shape index (κ2) is 6.15. The fourth-order valence-electron chi connectivity index (χ4n) is 1.93. The highest BCUT2D eigenvalue weighted by Gasteiger charge is 2.17. The van der Waals surface area contributed by atoms with Crippen molar-refractivity contribution in [2.75, 3.05) is 38.6 Å². The van der Waals surface area contributed by atoms with Crippen molar-refractivity contribution < 1.29 is 9.90 Å². The molecule has 0 atom stereocenters. The Labute approximate surface area is 121 Å². The van der Waals surface area contributed by atoms with Gasteiger partial charge >= 0.3 is 5.97 Å². The second-order valence-corrected chi connectivity index (χ2v) is 5.79. The molecule has 0 aromatic carbocycles. The number of likely N-dealkylation sites (N-methyl/N-ethyl adjacent to an activating group) is 1. The van der Waals surface area contributed by atoms with Crippen molar-refractivity contribution in [3.05, 3.63) is 17.3 Å². The van der Waals surface area contributed by atoms with Gasteiger partial charge in [-0.3, -0.25) is 4.79 Å². The van der Waals surface area contributed by atoms with E-state index in [0.29, 0.717) is 12.4 Å². The second-order valence-electron chi connectivity index (χ2n) is 4.91. The standard InChI is InChI=1S/C13H18N4O2S/c1-9-7-20-12-11(9)14-8-15-13(12)17(6-10(18)19)5-4-16(2)3/h7-8H,4-6H2,1-3H3,(H,18,19). The number of carboxylic acid groups (broad SMARTS) is 1. The summed E-state index contributed by atoms with van der Waals surface area (Å²) in [6.45, 7) is 3.32. The molecule has 6 nitrogen and oxygen atoms in total. The lowest BCUT2D eigenvalue weighted by Gasteiger charge is -2.23. The highest BCUT2D eigenvalue weighted by atomic mass is 32.1. The van der Waals surface area contributed by atoms with Crippen LogP contribution in [0.5, 0.6) is 0 Å². The summed E-state index contributed by atoms with van der Waals surface area (Å²) in [7, 11) is 3.92. The highest BCUT2D eigenvalue weighted by Crippen LogP contribution is 2.30. The van der Waals surface area contributed by atoms with Crippen LogP contribution >= 0.6 is 11.3 Å². The number of fused-ring (bicyclic) bond motifs is 1. The van der Waals surface area contributed by atoms with Crippen LogP contribution in [0.15, 0.2) is 11.7 Å². The number of carbonyl (C=O) groups is 1. The lowest BCUT2D eigenvalue weighted by Crippen LogP contribution is -2.36. The van der Waals surface area contributed by atoms with Gasteiger partial charge in [-0.05, 0) is 32.0 Å². The van der Waals surface area contributed by atoms with Crippen LogP contribution in [0.1, 0.15) is 5.56 Å². The summed E-state index contributed by atoms with van der Waals surface area (Å²) in [6.07, 6.45) is 1.50. The molecule has 1 N–H and O–H groups in total. The molecule has 0 saturated heterocycles. The van der Waals surface area contributed by atoms with Crippen LogP contribution < -0.4 is 4.90 Å². The fourth-order valence-corrected chi connectivity index (χ4v) is 2.94. The van der Waals surface area contributed by atoms with Crippen molar-refractivity contribution in [2.45, 2.75) is 6.92 Å². The first-order chi connectivity index (χ1) is 9.49. The summed E-state index contributed by atoms with van der Waals surface area (Å²) in [4.78, 5) is 23.5. The van der Waals surface area contributed by atoms with Gasteiger partial charge < -0.3 is 14.9 Å². The molecule has 0 aliphatic heterocycles. The smallest absolute Gasteiger partial charge is 0.323 e. The molecule has 0 saturated carbocycles. The Morgan fingerprint density at radius 2 is 2.10 bits per heavy atom. The monoisotopic (exact) mass is 294 g/mol. The number of rotatable bonds is 6. The molecule has 0 aliphatic carbocycles. The van der Waals surface area contributed by atoms with E-state index in [1.165, 1.54) is 6.33 Å². The SMILES string of the molecule is Cc1csc2c(N(CCN(C)C)CC(=O)O)ncnc12. The van der Waals surface area contributed by atoms with Gasteiger partial charge in [0, 0.05) is 13.1 Å². The van der Waals surface area contributed by atoms with Crippen LogP contribution in [0, 0.1) is 6.92 Å². The molecule has 2 heterocycles. The number of carboxylic acids is 1. The number of hydrogen-bond acceptors (Lipinski definition) is 6. The van der Waals surface area contributed by atoms with E-state index in [1.54, 1.807) is 16.2 Å². The normalized spacial score (nSPS) is 11.2. The predicted octanol–water partition coefficient (Wildman–Crippen LogP) is 1.45. The van der Waals surface area contributed by atoms with Gasteiger partial charge in [-0.15, -0.1) is 11.3 Å². The van der Waals surface area contributed by atoms with E-state index in [4.69, 9.17) is 5.11 Å². The Morgan fingerprint density at radius 3 is 2.75 bits per heavy atom. The van der Waals surface area contributed by atoms with Crippen LogP contribution in [-0.2, 0) is 4.79 Å². The minimum Gasteiger partial charge on any atom is -0.480 e. The van der Waals surface area contributed by atoms with E-state index < -0.39 is 5.97 Å². The van der Waals surface area contributed by atoms with Gasteiger partial charge in [-0.1, -0.05) is 0 Å². The Hall–Kier alpha value is -1.73. The average molecular weight is 294 g/mol. The molecule has 0 aliphatic rings. The minimum atomic E-state index is -0.858. The number of aryl methyl sites for hydroxylation is 1. The Morgan fingerprint density at radius 1 is 1.35 bits per heavy atom. The van der Waals surface area contributed by atoms with Crippen molar-refractivity contribution in [1.82, 2.24) is 14.9 Å². The molecule has 108 valence electrons. The summed E-state index contributed by atoms with van der Waals surface area (Å²) in [5.41, 5.74) is 2.00. The number of hydrogen-bond donors (Lipinski definition) is 1.